The highest BCUT2D eigenvalue weighted by Crippen LogP contribution is 2.19. The maximum atomic E-state index is 12.7. The van der Waals surface area contributed by atoms with Crippen LogP contribution in [0, 0.1) is 13.8 Å². The van der Waals surface area contributed by atoms with E-state index >= 15 is 0 Å². The van der Waals surface area contributed by atoms with Crippen molar-refractivity contribution in [3.8, 4) is 5.69 Å². The Morgan fingerprint density at radius 2 is 1.62 bits per heavy atom. The maximum absolute atomic E-state index is 12.7. The highest BCUT2D eigenvalue weighted by molar-refractivity contribution is 5.98. The molecule has 0 aliphatic rings. The van der Waals surface area contributed by atoms with Crippen LogP contribution >= 0.6 is 0 Å². The van der Waals surface area contributed by atoms with Gasteiger partial charge in [0.05, 0.1) is 12.2 Å². The standard InChI is InChI=1S/C22H22N4O3/c1-15-8-7-9-16(2)21(15)23-19(27)14-25(3)22(29)18-12-13-20(28)26(24-18)17-10-5-4-6-11-17/h4-13H,14H2,1-3H3,(H,23,27). The average molecular weight is 390 g/mol. The number of nitrogens with zero attached hydrogens (tertiary/aromatic N) is 3. The fourth-order valence-electron chi connectivity index (χ4n) is 2.95. The maximum Gasteiger partial charge on any atom is 0.274 e. The Morgan fingerprint density at radius 3 is 2.28 bits per heavy atom. The zero-order valence-electron chi connectivity index (χ0n) is 16.5. The number of likely N-dealkylation sites (N-methyl/N-ethyl adjacent to an activating group) is 1. The number of benzene rings is 2. The van der Waals surface area contributed by atoms with Crippen LogP contribution in [0.25, 0.3) is 5.69 Å². The molecule has 29 heavy (non-hydrogen) atoms. The van der Waals surface area contributed by atoms with Gasteiger partial charge in [0, 0.05) is 18.8 Å². The van der Waals surface area contributed by atoms with E-state index in [9.17, 15) is 14.4 Å². The van der Waals surface area contributed by atoms with Gasteiger partial charge in [0.15, 0.2) is 0 Å². The van der Waals surface area contributed by atoms with E-state index in [0.717, 1.165) is 21.5 Å². The molecule has 0 spiro atoms. The van der Waals surface area contributed by atoms with Crippen molar-refractivity contribution in [2.75, 3.05) is 18.9 Å². The zero-order chi connectivity index (χ0) is 21.0. The number of para-hydroxylation sites is 2. The molecule has 1 heterocycles. The van der Waals surface area contributed by atoms with Gasteiger partial charge in [0.25, 0.3) is 11.5 Å². The fourth-order valence-corrected chi connectivity index (χ4v) is 2.95. The average Bonchev–Trinajstić information content (AvgIpc) is 2.71. The number of hydrogen-bond acceptors (Lipinski definition) is 4. The smallest absolute Gasteiger partial charge is 0.274 e. The third-order valence-corrected chi connectivity index (χ3v) is 4.49. The molecule has 0 saturated heterocycles. The summed E-state index contributed by atoms with van der Waals surface area (Å²) < 4.78 is 1.16. The van der Waals surface area contributed by atoms with E-state index in [0.29, 0.717) is 5.69 Å². The molecule has 0 fully saturated rings. The third kappa shape index (κ3) is 4.57. The fraction of sp³-hybridized carbons (Fsp3) is 0.182. The molecule has 0 atom stereocenters. The van der Waals surface area contributed by atoms with Crippen molar-refractivity contribution in [1.29, 1.82) is 0 Å². The predicted octanol–water partition coefficient (Wildman–Crippen LogP) is 2.56. The minimum Gasteiger partial charge on any atom is -0.331 e. The summed E-state index contributed by atoms with van der Waals surface area (Å²) in [5.74, 6) is -0.763. The van der Waals surface area contributed by atoms with Gasteiger partial charge in [-0.1, -0.05) is 36.4 Å². The second-order valence-electron chi connectivity index (χ2n) is 6.78. The first-order valence-corrected chi connectivity index (χ1v) is 9.14. The largest absolute Gasteiger partial charge is 0.331 e. The number of rotatable bonds is 5. The lowest BCUT2D eigenvalue weighted by Gasteiger charge is -2.18. The summed E-state index contributed by atoms with van der Waals surface area (Å²) in [5, 5.41) is 7.02. The summed E-state index contributed by atoms with van der Waals surface area (Å²) in [5.41, 5.74) is 2.93. The van der Waals surface area contributed by atoms with Gasteiger partial charge in [0.1, 0.15) is 5.69 Å². The molecule has 0 aliphatic carbocycles. The minimum atomic E-state index is -0.452. The first kappa shape index (κ1) is 20.0. The molecule has 0 aliphatic heterocycles. The molecule has 0 bridgehead atoms. The molecular formula is C22H22N4O3. The number of carbonyl (C=O) groups is 2. The van der Waals surface area contributed by atoms with Gasteiger partial charge in [-0.25, -0.2) is 0 Å². The normalized spacial score (nSPS) is 10.4. The highest BCUT2D eigenvalue weighted by atomic mass is 16.2. The topological polar surface area (TPSA) is 84.3 Å². The summed E-state index contributed by atoms with van der Waals surface area (Å²) in [7, 11) is 1.52. The Kier molecular flexibility index (Phi) is 5.87. The molecule has 3 aromatic rings. The molecule has 2 amide bonds. The lowest BCUT2D eigenvalue weighted by molar-refractivity contribution is -0.116. The number of anilines is 1. The summed E-state index contributed by atoms with van der Waals surface area (Å²) >= 11 is 0. The molecule has 3 rings (SSSR count). The summed E-state index contributed by atoms with van der Waals surface area (Å²) in [4.78, 5) is 38.5. The number of amides is 2. The van der Waals surface area contributed by atoms with Crippen molar-refractivity contribution in [3.05, 3.63) is 87.8 Å². The Bertz CT molecular complexity index is 1090. The quantitative estimate of drug-likeness (QED) is 0.726. The van der Waals surface area contributed by atoms with Crippen molar-refractivity contribution >= 4 is 17.5 Å². The van der Waals surface area contributed by atoms with E-state index in [4.69, 9.17) is 0 Å². The summed E-state index contributed by atoms with van der Waals surface area (Å²) in [6, 6.07) is 17.2. The molecule has 7 heteroatoms. The van der Waals surface area contributed by atoms with E-state index in [2.05, 4.69) is 10.4 Å². The predicted molar refractivity (Wildman–Crippen MR) is 111 cm³/mol. The van der Waals surface area contributed by atoms with Crippen LogP contribution in [0.15, 0.2) is 65.5 Å². The number of aromatic nitrogens is 2. The molecule has 1 N–H and O–H groups in total. The number of hydrogen-bond donors (Lipinski definition) is 1. The minimum absolute atomic E-state index is 0.0795. The zero-order valence-corrected chi connectivity index (χ0v) is 16.5. The monoisotopic (exact) mass is 390 g/mol. The van der Waals surface area contributed by atoms with Crippen molar-refractivity contribution < 1.29 is 9.59 Å². The van der Waals surface area contributed by atoms with Crippen LogP contribution in [0.5, 0.6) is 0 Å². The molecule has 1 aromatic heterocycles. The molecule has 0 unspecified atom stereocenters. The van der Waals surface area contributed by atoms with E-state index in [1.807, 2.05) is 38.1 Å². The first-order chi connectivity index (χ1) is 13.9. The Labute approximate surface area is 168 Å². The molecule has 0 saturated carbocycles. The van der Waals surface area contributed by atoms with Crippen molar-refractivity contribution in [2.45, 2.75) is 13.8 Å². The first-order valence-electron chi connectivity index (χ1n) is 9.14. The van der Waals surface area contributed by atoms with Crippen LogP contribution in [-0.2, 0) is 4.79 Å². The molecule has 7 nitrogen and oxygen atoms in total. The van der Waals surface area contributed by atoms with Gasteiger partial charge in [-0.15, -0.1) is 0 Å². The molecule has 0 radical (unpaired) electrons. The lowest BCUT2D eigenvalue weighted by atomic mass is 10.1. The number of aryl methyl sites for hydroxylation is 2. The van der Waals surface area contributed by atoms with E-state index in [-0.39, 0.29) is 23.7 Å². The lowest BCUT2D eigenvalue weighted by Crippen LogP contribution is -2.36. The Morgan fingerprint density at radius 1 is 0.966 bits per heavy atom. The second-order valence-corrected chi connectivity index (χ2v) is 6.78. The number of carbonyl (C=O) groups excluding carboxylic acids is 2. The van der Waals surface area contributed by atoms with Crippen molar-refractivity contribution in [2.24, 2.45) is 0 Å². The van der Waals surface area contributed by atoms with Crippen molar-refractivity contribution in [1.82, 2.24) is 14.7 Å². The Balaban J connectivity index is 1.75. The van der Waals surface area contributed by atoms with Crippen molar-refractivity contribution in [3.63, 3.8) is 0 Å². The van der Waals surface area contributed by atoms with Gasteiger partial charge < -0.3 is 10.2 Å². The number of nitrogens with one attached hydrogen (secondary N) is 1. The SMILES string of the molecule is Cc1cccc(C)c1NC(=O)CN(C)C(=O)c1ccc(=O)n(-c2ccccc2)n1. The van der Waals surface area contributed by atoms with Crippen LogP contribution < -0.4 is 10.9 Å². The second kappa shape index (κ2) is 8.52. The van der Waals surface area contributed by atoms with Gasteiger partial charge in [-0.3, -0.25) is 14.4 Å². The van der Waals surface area contributed by atoms with E-state index in [1.165, 1.54) is 24.1 Å². The molecular weight excluding hydrogens is 368 g/mol. The van der Waals surface area contributed by atoms with E-state index in [1.54, 1.807) is 24.3 Å². The van der Waals surface area contributed by atoms with Gasteiger partial charge in [-0.05, 0) is 43.2 Å². The van der Waals surface area contributed by atoms with Crippen LogP contribution in [-0.4, -0.2) is 40.1 Å². The van der Waals surface area contributed by atoms with Crippen LogP contribution in [0.1, 0.15) is 21.6 Å². The van der Waals surface area contributed by atoms with E-state index < -0.39 is 5.91 Å². The third-order valence-electron chi connectivity index (χ3n) is 4.49. The summed E-state index contributed by atoms with van der Waals surface area (Å²) in [6.07, 6.45) is 0. The van der Waals surface area contributed by atoms with Gasteiger partial charge in [0.2, 0.25) is 5.91 Å². The highest BCUT2D eigenvalue weighted by Gasteiger charge is 2.18. The Hall–Kier alpha value is -3.74. The van der Waals surface area contributed by atoms with Crippen LogP contribution in [0.4, 0.5) is 5.69 Å². The summed E-state index contributed by atoms with van der Waals surface area (Å²) in [6.45, 7) is 3.68. The van der Waals surface area contributed by atoms with Crippen LogP contribution in [0.2, 0.25) is 0 Å². The molecule has 2 aromatic carbocycles. The van der Waals surface area contributed by atoms with Gasteiger partial charge >= 0.3 is 0 Å². The van der Waals surface area contributed by atoms with Gasteiger partial charge in [-0.2, -0.15) is 9.78 Å². The molecule has 148 valence electrons. The van der Waals surface area contributed by atoms with Crippen LogP contribution in [0.3, 0.4) is 0 Å².